The van der Waals surface area contributed by atoms with Gasteiger partial charge in [0.05, 0.1) is 34.5 Å². The summed E-state index contributed by atoms with van der Waals surface area (Å²) >= 11 is 6.47. The van der Waals surface area contributed by atoms with Crippen LogP contribution in [-0.4, -0.2) is 56.6 Å². The first kappa shape index (κ1) is 21.8. The van der Waals surface area contributed by atoms with Crippen molar-refractivity contribution in [3.05, 3.63) is 59.4 Å². The number of benzene rings is 2. The van der Waals surface area contributed by atoms with E-state index in [1.807, 2.05) is 36.4 Å². The van der Waals surface area contributed by atoms with Crippen molar-refractivity contribution in [3.63, 3.8) is 0 Å². The summed E-state index contributed by atoms with van der Waals surface area (Å²) in [5.74, 6) is -0.850. The van der Waals surface area contributed by atoms with Gasteiger partial charge in [0.25, 0.3) is 0 Å². The fraction of sp³-hybridized carbons (Fsp3) is 0.208. The maximum atomic E-state index is 13.0. The standard InChI is InChI=1S/C24H21ClN6O3/c1-31-8-7-16(11-18(31)32)34-24(33)22-23(26)29-20(13-5-3-2-4-6-13)21(28-22)14-9-15-12-27-30-19(15)17(25)10-14/h2-6,9-10,12,16H,7-8,11H2,1H3,(H2,26,29)(H,27,30). The number of nitrogen functional groups attached to an aromatic ring is 1. The van der Waals surface area contributed by atoms with E-state index in [2.05, 4.69) is 20.2 Å². The van der Waals surface area contributed by atoms with Gasteiger partial charge in [-0.25, -0.2) is 14.8 Å². The van der Waals surface area contributed by atoms with Crippen molar-refractivity contribution in [2.45, 2.75) is 18.9 Å². The first-order valence-electron chi connectivity index (χ1n) is 10.7. The lowest BCUT2D eigenvalue weighted by atomic mass is 10.0. The second kappa shape index (κ2) is 8.75. The molecule has 2 aromatic carbocycles. The SMILES string of the molecule is CN1CCC(OC(=O)c2nc(-c3cc(Cl)c4[nH]ncc4c3)c(-c3ccccc3)nc2N)CC1=O. The van der Waals surface area contributed by atoms with Crippen LogP contribution in [0.2, 0.25) is 5.02 Å². The number of likely N-dealkylation sites (tertiary alicyclic amines) is 1. The number of nitrogens with two attached hydrogens (primary N) is 1. The number of esters is 1. The van der Waals surface area contributed by atoms with Crippen LogP contribution in [0.5, 0.6) is 0 Å². The molecule has 2 aromatic heterocycles. The van der Waals surface area contributed by atoms with E-state index in [9.17, 15) is 9.59 Å². The number of fused-ring (bicyclic) bond motifs is 1. The molecule has 1 unspecified atom stereocenters. The smallest absolute Gasteiger partial charge is 0.361 e. The molecule has 34 heavy (non-hydrogen) atoms. The van der Waals surface area contributed by atoms with Gasteiger partial charge in [-0.15, -0.1) is 0 Å². The maximum absolute atomic E-state index is 13.0. The topological polar surface area (TPSA) is 127 Å². The number of aromatic amines is 1. The monoisotopic (exact) mass is 476 g/mol. The van der Waals surface area contributed by atoms with E-state index in [0.717, 1.165) is 10.9 Å². The Labute approximate surface area is 199 Å². The minimum atomic E-state index is -0.719. The van der Waals surface area contributed by atoms with E-state index in [0.29, 0.717) is 40.5 Å². The van der Waals surface area contributed by atoms with Crippen LogP contribution < -0.4 is 5.73 Å². The third-order valence-electron chi connectivity index (χ3n) is 5.83. The molecule has 1 saturated heterocycles. The van der Waals surface area contributed by atoms with Crippen LogP contribution in [0.1, 0.15) is 23.3 Å². The summed E-state index contributed by atoms with van der Waals surface area (Å²) < 4.78 is 5.58. The minimum Gasteiger partial charge on any atom is -0.457 e. The quantitative estimate of drug-likeness (QED) is 0.430. The van der Waals surface area contributed by atoms with E-state index >= 15 is 0 Å². The number of H-pyrrole nitrogens is 1. The maximum Gasteiger partial charge on any atom is 0.361 e. The zero-order valence-corrected chi connectivity index (χ0v) is 19.0. The molecule has 3 heterocycles. The predicted octanol–water partition coefficient (Wildman–Crippen LogP) is 3.70. The lowest BCUT2D eigenvalue weighted by molar-refractivity contribution is -0.135. The van der Waals surface area contributed by atoms with Gasteiger partial charge in [-0.1, -0.05) is 41.9 Å². The number of aromatic nitrogens is 4. The fourth-order valence-electron chi connectivity index (χ4n) is 3.97. The van der Waals surface area contributed by atoms with Crippen molar-refractivity contribution in [1.29, 1.82) is 0 Å². The average Bonchev–Trinajstić information content (AvgIpc) is 3.31. The fourth-order valence-corrected chi connectivity index (χ4v) is 4.24. The highest BCUT2D eigenvalue weighted by atomic mass is 35.5. The predicted molar refractivity (Wildman–Crippen MR) is 128 cm³/mol. The first-order valence-corrected chi connectivity index (χ1v) is 11.1. The first-order chi connectivity index (χ1) is 16.4. The Morgan fingerprint density at radius 1 is 1.18 bits per heavy atom. The third-order valence-corrected chi connectivity index (χ3v) is 6.12. The summed E-state index contributed by atoms with van der Waals surface area (Å²) in [6, 6.07) is 13.0. The highest BCUT2D eigenvalue weighted by Crippen LogP contribution is 2.35. The van der Waals surface area contributed by atoms with Crippen molar-refractivity contribution in [1.82, 2.24) is 25.1 Å². The van der Waals surface area contributed by atoms with E-state index in [-0.39, 0.29) is 23.8 Å². The summed E-state index contributed by atoms with van der Waals surface area (Å²) in [4.78, 5) is 35.8. The number of rotatable bonds is 4. The number of carbonyl (C=O) groups excluding carboxylic acids is 2. The van der Waals surface area contributed by atoms with Gasteiger partial charge in [-0.2, -0.15) is 5.10 Å². The number of anilines is 1. The molecular formula is C24H21ClN6O3. The third kappa shape index (κ3) is 4.06. The van der Waals surface area contributed by atoms with Crippen LogP contribution in [0.15, 0.2) is 48.7 Å². The van der Waals surface area contributed by atoms with Crippen LogP contribution >= 0.6 is 11.6 Å². The number of hydrogen-bond acceptors (Lipinski definition) is 7. The number of halogens is 1. The molecule has 1 atom stereocenters. The van der Waals surface area contributed by atoms with Crippen LogP contribution in [0, 0.1) is 0 Å². The Kier molecular flexibility index (Phi) is 5.62. The van der Waals surface area contributed by atoms with Crippen molar-refractivity contribution < 1.29 is 14.3 Å². The molecule has 9 nitrogen and oxygen atoms in total. The minimum absolute atomic E-state index is 0.0534. The number of carbonyl (C=O) groups is 2. The molecule has 3 N–H and O–H groups in total. The second-order valence-electron chi connectivity index (χ2n) is 8.15. The van der Waals surface area contributed by atoms with E-state index in [4.69, 9.17) is 22.1 Å². The largest absolute Gasteiger partial charge is 0.457 e. The number of ether oxygens (including phenoxy) is 1. The average molecular weight is 477 g/mol. The highest BCUT2D eigenvalue weighted by Gasteiger charge is 2.29. The van der Waals surface area contributed by atoms with Gasteiger partial charge < -0.3 is 15.4 Å². The van der Waals surface area contributed by atoms with Crippen molar-refractivity contribution in [3.8, 4) is 22.5 Å². The Hall–Kier alpha value is -3.98. The van der Waals surface area contributed by atoms with Gasteiger partial charge in [-0.3, -0.25) is 9.89 Å². The Bertz CT molecular complexity index is 1400. The normalized spacial score (nSPS) is 16.1. The Morgan fingerprint density at radius 2 is 1.94 bits per heavy atom. The van der Waals surface area contributed by atoms with E-state index < -0.39 is 12.1 Å². The molecule has 0 saturated carbocycles. The summed E-state index contributed by atoms with van der Waals surface area (Å²) in [5.41, 5.74) is 9.12. The summed E-state index contributed by atoms with van der Waals surface area (Å²) in [6.07, 6.45) is 1.79. The summed E-state index contributed by atoms with van der Waals surface area (Å²) in [5, 5.41) is 8.15. The van der Waals surface area contributed by atoms with Crippen molar-refractivity contribution in [2.75, 3.05) is 19.3 Å². The molecule has 1 amide bonds. The Balaban J connectivity index is 1.59. The number of nitrogens with one attached hydrogen (secondary N) is 1. The van der Waals surface area contributed by atoms with Crippen molar-refractivity contribution in [2.24, 2.45) is 0 Å². The summed E-state index contributed by atoms with van der Waals surface area (Å²) in [6.45, 7) is 0.513. The zero-order valence-electron chi connectivity index (χ0n) is 18.3. The molecule has 0 spiro atoms. The van der Waals surface area contributed by atoms with Crippen molar-refractivity contribution >= 4 is 40.2 Å². The zero-order chi connectivity index (χ0) is 23.8. The molecule has 0 bridgehead atoms. The number of amides is 1. The molecule has 1 aliphatic heterocycles. The van der Waals surface area contributed by atoms with Crippen LogP contribution in [0.3, 0.4) is 0 Å². The molecule has 5 rings (SSSR count). The van der Waals surface area contributed by atoms with Gasteiger partial charge >= 0.3 is 5.97 Å². The molecule has 172 valence electrons. The molecule has 1 aliphatic rings. The number of hydrogen-bond donors (Lipinski definition) is 2. The highest BCUT2D eigenvalue weighted by molar-refractivity contribution is 6.35. The van der Waals surface area contributed by atoms with Gasteiger partial charge in [0.2, 0.25) is 5.91 Å². The number of nitrogens with zero attached hydrogens (tertiary/aromatic N) is 4. The van der Waals surface area contributed by atoms with Crippen LogP contribution in [0.25, 0.3) is 33.4 Å². The van der Waals surface area contributed by atoms with Gasteiger partial charge in [0.15, 0.2) is 11.5 Å². The van der Waals surface area contributed by atoms with Gasteiger partial charge in [0.1, 0.15) is 6.10 Å². The van der Waals surface area contributed by atoms with E-state index in [1.165, 1.54) is 0 Å². The van der Waals surface area contributed by atoms with Gasteiger partial charge in [0, 0.05) is 36.5 Å². The molecule has 0 aliphatic carbocycles. The van der Waals surface area contributed by atoms with Crippen LogP contribution in [-0.2, 0) is 9.53 Å². The molecule has 4 aromatic rings. The molecule has 10 heteroatoms. The van der Waals surface area contributed by atoms with Crippen LogP contribution in [0.4, 0.5) is 5.82 Å². The molecule has 1 fully saturated rings. The Morgan fingerprint density at radius 3 is 2.71 bits per heavy atom. The molecule has 0 radical (unpaired) electrons. The van der Waals surface area contributed by atoms with Gasteiger partial charge in [-0.05, 0) is 12.1 Å². The van der Waals surface area contributed by atoms with E-state index in [1.54, 1.807) is 24.2 Å². The second-order valence-corrected chi connectivity index (χ2v) is 8.56. The molecular weight excluding hydrogens is 456 g/mol. The number of piperidine rings is 1. The lowest BCUT2D eigenvalue weighted by Gasteiger charge is -2.28. The lowest BCUT2D eigenvalue weighted by Crippen LogP contribution is -2.39. The summed E-state index contributed by atoms with van der Waals surface area (Å²) in [7, 11) is 1.72.